The maximum absolute atomic E-state index is 5.10. The van der Waals surface area contributed by atoms with Crippen LogP contribution in [0.15, 0.2) is 0 Å². The van der Waals surface area contributed by atoms with Crippen LogP contribution in [0, 0.1) is 3.95 Å². The van der Waals surface area contributed by atoms with Crippen LogP contribution in [0.1, 0.15) is 6.92 Å². The average molecular weight is 301 g/mol. The van der Waals surface area contributed by atoms with Gasteiger partial charge in [0.25, 0.3) is 0 Å². The van der Waals surface area contributed by atoms with Crippen molar-refractivity contribution in [3.8, 4) is 0 Å². The molecule has 1 nitrogen and oxygen atoms in total. The Morgan fingerprint density at radius 1 is 1.60 bits per heavy atom. The predicted molar refractivity (Wildman–Crippen MR) is 49.6 cm³/mol. The van der Waals surface area contributed by atoms with Gasteiger partial charge in [-0.15, -0.1) is 0 Å². The van der Waals surface area contributed by atoms with Gasteiger partial charge < -0.3 is 0 Å². The van der Waals surface area contributed by atoms with Gasteiger partial charge in [0.2, 0.25) is 0 Å². The van der Waals surface area contributed by atoms with E-state index >= 15 is 0 Å². The van der Waals surface area contributed by atoms with Crippen LogP contribution in [0.2, 0.25) is 0 Å². The Balaban J connectivity index is 3.34. The van der Waals surface area contributed by atoms with Gasteiger partial charge in [-0.25, -0.2) is 0 Å². The minimum atomic E-state index is 0.935. The fraction of sp³-hybridized carbons (Fsp3) is 0.400. The van der Waals surface area contributed by atoms with Crippen molar-refractivity contribution >= 4 is 63.9 Å². The van der Waals surface area contributed by atoms with E-state index in [9.17, 15) is 0 Å². The molecule has 5 heteroatoms. The molecule has 0 saturated carbocycles. The third kappa shape index (κ3) is 1.55. The van der Waals surface area contributed by atoms with Crippen molar-refractivity contribution in [1.82, 2.24) is 4.57 Å². The van der Waals surface area contributed by atoms with Crippen molar-refractivity contribution < 1.29 is 0 Å². The fourth-order valence-electron chi connectivity index (χ4n) is 0.644. The van der Waals surface area contributed by atoms with E-state index in [0.29, 0.717) is 0 Å². The summed E-state index contributed by atoms with van der Waals surface area (Å²) in [5, 5.41) is 0. The Morgan fingerprint density at radius 2 is 2.20 bits per heavy atom. The third-order valence-corrected chi connectivity index (χ3v) is 5.15. The maximum atomic E-state index is 5.10. The molecule has 1 aromatic rings. The number of hydrogen-bond acceptors (Lipinski definition) is 2. The van der Waals surface area contributed by atoms with Gasteiger partial charge in [0.1, 0.15) is 0 Å². The predicted octanol–water partition coefficient (Wildman–Crippen LogP) is -0.113. The summed E-state index contributed by atoms with van der Waals surface area (Å²) < 4.78 is 5.31. The second-order valence-corrected chi connectivity index (χ2v) is 5.60. The van der Waals surface area contributed by atoms with Crippen molar-refractivity contribution in [3.05, 3.63) is 3.95 Å². The van der Waals surface area contributed by atoms with Gasteiger partial charge in [-0.3, -0.25) is 0 Å². The summed E-state index contributed by atoms with van der Waals surface area (Å²) in [6.07, 6.45) is 0. The third-order valence-electron chi connectivity index (χ3n) is 1.14. The molecule has 0 aliphatic carbocycles. The molecule has 0 fully saturated rings. The van der Waals surface area contributed by atoms with Crippen LogP contribution in [-0.2, 0) is 6.54 Å². The number of thiazole rings is 1. The van der Waals surface area contributed by atoms with Gasteiger partial charge in [-0.05, 0) is 0 Å². The van der Waals surface area contributed by atoms with Crippen LogP contribution < -0.4 is 8.37 Å². The molecule has 0 amide bonds. The van der Waals surface area contributed by atoms with Crippen LogP contribution in [-0.4, -0.2) is 36.6 Å². The molecule has 0 atom stereocenters. The Bertz CT molecular complexity index is 288. The Hall–Kier alpha value is 0.889. The summed E-state index contributed by atoms with van der Waals surface area (Å²) in [4.78, 5) is 0. The van der Waals surface area contributed by atoms with Crippen LogP contribution in [0.25, 0.3) is 0 Å². The molecule has 1 aromatic heterocycles. The van der Waals surface area contributed by atoms with Crippen molar-refractivity contribution in [2.45, 2.75) is 13.5 Å². The van der Waals surface area contributed by atoms with Crippen LogP contribution in [0.5, 0.6) is 0 Å². The molecular formula is C5H5NS2Se2. The Kier molecular flexibility index (Phi) is 3.17. The number of rotatable bonds is 1. The topological polar surface area (TPSA) is 4.93 Å². The van der Waals surface area contributed by atoms with E-state index in [1.807, 2.05) is 0 Å². The zero-order valence-corrected chi connectivity index (χ0v) is 10.3. The minimum absolute atomic E-state index is 0.935. The van der Waals surface area contributed by atoms with Gasteiger partial charge in [0, 0.05) is 0 Å². The molecule has 0 N–H and O–H groups in total. The van der Waals surface area contributed by atoms with E-state index in [-0.39, 0.29) is 0 Å². The SMILES string of the molecule is CCn1c([Se])c([Se])sc1=S. The van der Waals surface area contributed by atoms with E-state index in [2.05, 4.69) is 43.5 Å². The Morgan fingerprint density at radius 3 is 2.40 bits per heavy atom. The first kappa shape index (κ1) is 8.98. The zero-order chi connectivity index (χ0) is 7.72. The Labute approximate surface area is 85.5 Å². The van der Waals surface area contributed by atoms with E-state index < -0.39 is 0 Å². The van der Waals surface area contributed by atoms with E-state index in [1.54, 1.807) is 11.3 Å². The number of hydrogen-bond donors (Lipinski definition) is 0. The molecule has 0 spiro atoms. The summed E-state index contributed by atoms with van der Waals surface area (Å²) in [5.41, 5.74) is 0. The van der Waals surface area contributed by atoms with E-state index in [4.69, 9.17) is 12.2 Å². The van der Waals surface area contributed by atoms with Crippen molar-refractivity contribution in [1.29, 1.82) is 0 Å². The average Bonchev–Trinajstić information content (AvgIpc) is 2.09. The van der Waals surface area contributed by atoms with Gasteiger partial charge in [0.15, 0.2) is 0 Å². The summed E-state index contributed by atoms with van der Waals surface area (Å²) in [6, 6.07) is 0. The molecule has 0 aliphatic heterocycles. The number of nitrogens with zero attached hydrogens (tertiary/aromatic N) is 1. The molecular weight excluding hydrogens is 296 g/mol. The fourth-order valence-corrected chi connectivity index (χ4v) is 3.87. The molecule has 0 saturated heterocycles. The first-order chi connectivity index (χ1) is 4.66. The number of aromatic nitrogens is 1. The van der Waals surface area contributed by atoms with Gasteiger partial charge in [-0.2, -0.15) is 0 Å². The molecule has 0 aromatic carbocycles. The first-order valence-corrected chi connectivity index (χ1v) is 5.68. The first-order valence-electron chi connectivity index (χ1n) is 2.74. The van der Waals surface area contributed by atoms with E-state index in [1.165, 1.54) is 0 Å². The standard InChI is InChI=1S/C5H5NS2Se2/c1-2-6-3(9)4(10)8-5(6)7/h2H2,1H3. The molecule has 10 heavy (non-hydrogen) atoms. The molecule has 1 heterocycles. The molecule has 54 valence electrons. The van der Waals surface area contributed by atoms with Crippen LogP contribution in [0.4, 0.5) is 0 Å². The summed E-state index contributed by atoms with van der Waals surface area (Å²) >= 11 is 12.7. The van der Waals surface area contributed by atoms with Gasteiger partial charge in [0.05, 0.1) is 0 Å². The quantitative estimate of drug-likeness (QED) is 0.517. The zero-order valence-electron chi connectivity index (χ0n) is 5.29. The summed E-state index contributed by atoms with van der Waals surface area (Å²) in [7, 11) is 0. The molecule has 0 aliphatic rings. The van der Waals surface area contributed by atoms with Gasteiger partial charge in [-0.1, -0.05) is 0 Å². The normalized spacial score (nSPS) is 10.1. The van der Waals surface area contributed by atoms with Crippen molar-refractivity contribution in [3.63, 3.8) is 0 Å². The molecule has 2 radical (unpaired) electrons. The summed E-state index contributed by atoms with van der Waals surface area (Å²) in [6.45, 7) is 3.03. The molecule has 1 rings (SSSR count). The second-order valence-electron chi connectivity index (χ2n) is 1.70. The second kappa shape index (κ2) is 3.52. The monoisotopic (exact) mass is 303 g/mol. The van der Waals surface area contributed by atoms with E-state index in [0.717, 1.165) is 18.9 Å². The van der Waals surface area contributed by atoms with Crippen LogP contribution in [0.3, 0.4) is 0 Å². The molecule has 0 bridgehead atoms. The van der Waals surface area contributed by atoms with Crippen molar-refractivity contribution in [2.24, 2.45) is 0 Å². The summed E-state index contributed by atoms with van der Waals surface area (Å²) in [5.74, 6) is 0. The van der Waals surface area contributed by atoms with Crippen molar-refractivity contribution in [2.75, 3.05) is 0 Å². The molecule has 0 unspecified atom stereocenters. The van der Waals surface area contributed by atoms with Crippen LogP contribution >= 0.6 is 23.6 Å². The van der Waals surface area contributed by atoms with Gasteiger partial charge >= 0.3 is 85.9 Å².